The van der Waals surface area contributed by atoms with E-state index < -0.39 is 5.97 Å². The summed E-state index contributed by atoms with van der Waals surface area (Å²) in [5.74, 6) is 1.73. The number of aliphatic hydroxyl groups is 1. The monoisotopic (exact) mass is 400 g/mol. The van der Waals surface area contributed by atoms with Crippen molar-refractivity contribution < 1.29 is 19.4 Å². The Bertz CT molecular complexity index is 728. The zero-order chi connectivity index (χ0) is 20.4. The molecule has 4 aliphatic carbocycles. The first-order chi connectivity index (χ1) is 14.0. The highest BCUT2D eigenvalue weighted by molar-refractivity contribution is 5.96. The number of esters is 1. The van der Waals surface area contributed by atoms with Crippen molar-refractivity contribution >= 4 is 17.6 Å². The van der Waals surface area contributed by atoms with Gasteiger partial charge < -0.3 is 20.5 Å². The van der Waals surface area contributed by atoms with Gasteiger partial charge in [0.05, 0.1) is 12.2 Å². The molecule has 0 aliphatic heterocycles. The van der Waals surface area contributed by atoms with E-state index >= 15 is 0 Å². The molecule has 1 atom stereocenters. The number of amides is 1. The number of aliphatic hydroxyl groups excluding tert-OH is 1. The molecule has 1 aromatic rings. The Morgan fingerprint density at radius 2 is 1.76 bits per heavy atom. The number of carbonyl (C=O) groups excluding carboxylic acids is 2. The summed E-state index contributed by atoms with van der Waals surface area (Å²) < 4.78 is 5.28. The van der Waals surface area contributed by atoms with Crippen LogP contribution in [0.2, 0.25) is 0 Å². The molecule has 158 valence electrons. The number of hydrogen-bond acceptors (Lipinski definition) is 5. The maximum absolute atomic E-state index is 12.5. The maximum atomic E-state index is 12.5. The minimum Gasteiger partial charge on any atom is -0.452 e. The topological polar surface area (TPSA) is 87.7 Å². The third-order valence-corrected chi connectivity index (χ3v) is 7.29. The largest absolute Gasteiger partial charge is 0.452 e. The molecule has 6 heteroatoms. The van der Waals surface area contributed by atoms with Crippen LogP contribution in [0.3, 0.4) is 0 Å². The van der Waals surface area contributed by atoms with Gasteiger partial charge in [-0.15, -0.1) is 0 Å². The van der Waals surface area contributed by atoms with E-state index in [0.29, 0.717) is 17.8 Å². The number of ether oxygens (including phenoxy) is 1. The zero-order valence-corrected chi connectivity index (χ0v) is 17.2. The number of benzene rings is 1. The molecule has 29 heavy (non-hydrogen) atoms. The summed E-state index contributed by atoms with van der Waals surface area (Å²) in [5, 5.41) is 15.1. The second-order valence-electron chi connectivity index (χ2n) is 9.34. The van der Waals surface area contributed by atoms with Crippen LogP contribution in [0.15, 0.2) is 24.3 Å². The smallest absolute Gasteiger partial charge is 0.340 e. The summed E-state index contributed by atoms with van der Waals surface area (Å²) in [7, 11) is 0. The summed E-state index contributed by atoms with van der Waals surface area (Å²) in [6.45, 7) is 2.16. The minimum absolute atomic E-state index is 0.0337. The first kappa shape index (κ1) is 20.2. The van der Waals surface area contributed by atoms with Crippen molar-refractivity contribution in [3.05, 3.63) is 29.8 Å². The Labute approximate surface area is 172 Å². The molecule has 0 spiro atoms. The Balaban J connectivity index is 1.31. The van der Waals surface area contributed by atoms with Crippen LogP contribution in [-0.4, -0.2) is 42.8 Å². The van der Waals surface area contributed by atoms with Crippen LogP contribution in [0, 0.1) is 23.2 Å². The van der Waals surface area contributed by atoms with Crippen LogP contribution < -0.4 is 10.6 Å². The van der Waals surface area contributed by atoms with Gasteiger partial charge in [0.2, 0.25) is 0 Å². The first-order valence-electron chi connectivity index (χ1n) is 10.9. The molecule has 6 nitrogen and oxygen atoms in total. The summed E-state index contributed by atoms with van der Waals surface area (Å²) >= 11 is 0. The molecular weight excluding hydrogens is 368 g/mol. The molecule has 4 bridgehead atoms. The average Bonchev–Trinajstić information content (AvgIpc) is 2.69. The molecule has 0 unspecified atom stereocenters. The molecule has 3 N–H and O–H groups in total. The molecular formula is C23H32N2O4. The predicted molar refractivity (Wildman–Crippen MR) is 111 cm³/mol. The highest BCUT2D eigenvalue weighted by Gasteiger charge is 2.53. The quantitative estimate of drug-likeness (QED) is 0.584. The van der Waals surface area contributed by atoms with Gasteiger partial charge in [0.1, 0.15) is 0 Å². The van der Waals surface area contributed by atoms with Gasteiger partial charge in [-0.05, 0) is 80.8 Å². The Kier molecular flexibility index (Phi) is 5.81. The maximum Gasteiger partial charge on any atom is 0.340 e. The van der Waals surface area contributed by atoms with E-state index in [1.54, 1.807) is 24.3 Å². The number of hydrogen-bond donors (Lipinski definition) is 3. The lowest BCUT2D eigenvalue weighted by atomic mass is 9.48. The fourth-order valence-electron chi connectivity index (χ4n) is 6.36. The zero-order valence-electron chi connectivity index (χ0n) is 17.2. The van der Waals surface area contributed by atoms with E-state index in [1.807, 2.05) is 0 Å². The molecule has 4 aliphatic rings. The average molecular weight is 401 g/mol. The van der Waals surface area contributed by atoms with Gasteiger partial charge in [0.15, 0.2) is 6.61 Å². The van der Waals surface area contributed by atoms with E-state index in [0.717, 1.165) is 17.8 Å². The van der Waals surface area contributed by atoms with Crippen molar-refractivity contribution in [1.29, 1.82) is 0 Å². The van der Waals surface area contributed by atoms with E-state index in [1.165, 1.54) is 38.5 Å². The summed E-state index contributed by atoms with van der Waals surface area (Å²) in [6, 6.07) is 7.06. The Hall–Kier alpha value is -2.08. The number of nitrogens with one attached hydrogen (secondary N) is 2. The first-order valence-corrected chi connectivity index (χ1v) is 10.9. The Morgan fingerprint density at radius 1 is 1.14 bits per heavy atom. The van der Waals surface area contributed by atoms with Crippen molar-refractivity contribution in [3.63, 3.8) is 0 Å². The second kappa shape index (κ2) is 8.34. The normalized spacial score (nSPS) is 30.6. The molecule has 0 radical (unpaired) electrons. The fraction of sp³-hybridized carbons (Fsp3) is 0.652. The Morgan fingerprint density at radius 3 is 2.38 bits per heavy atom. The van der Waals surface area contributed by atoms with Crippen LogP contribution >= 0.6 is 0 Å². The van der Waals surface area contributed by atoms with E-state index in [4.69, 9.17) is 9.84 Å². The minimum atomic E-state index is -0.538. The van der Waals surface area contributed by atoms with Crippen LogP contribution in [-0.2, 0) is 9.53 Å². The van der Waals surface area contributed by atoms with Crippen LogP contribution in [0.1, 0.15) is 55.8 Å². The lowest BCUT2D eigenvalue weighted by molar-refractivity contribution is -0.128. The van der Waals surface area contributed by atoms with Crippen LogP contribution in [0.4, 0.5) is 5.69 Å². The molecule has 0 saturated heterocycles. The van der Waals surface area contributed by atoms with Gasteiger partial charge >= 0.3 is 5.97 Å². The van der Waals surface area contributed by atoms with Crippen LogP contribution in [0.5, 0.6) is 0 Å². The van der Waals surface area contributed by atoms with Gasteiger partial charge in [0, 0.05) is 18.3 Å². The van der Waals surface area contributed by atoms with E-state index in [9.17, 15) is 9.59 Å². The lowest BCUT2D eigenvalue weighted by Crippen LogP contribution is -2.56. The predicted octanol–water partition coefficient (Wildman–Crippen LogP) is 2.97. The molecule has 4 fully saturated rings. The molecule has 0 aromatic heterocycles. The van der Waals surface area contributed by atoms with Crippen molar-refractivity contribution in [2.75, 3.05) is 25.1 Å². The van der Waals surface area contributed by atoms with Crippen molar-refractivity contribution in [1.82, 2.24) is 5.32 Å². The third kappa shape index (κ3) is 4.27. The molecule has 0 heterocycles. The van der Waals surface area contributed by atoms with E-state index in [-0.39, 0.29) is 30.6 Å². The number of carbonyl (C=O) groups is 2. The number of anilines is 1. The van der Waals surface area contributed by atoms with Crippen LogP contribution in [0.25, 0.3) is 0 Å². The SMILES string of the molecule is C[C@@H](NC(=O)COC(=O)c1ccccc1NCCO)C12CC3CC(CC(C3)C1)C2. The highest BCUT2D eigenvalue weighted by Crippen LogP contribution is 2.61. The fourth-order valence-corrected chi connectivity index (χ4v) is 6.36. The van der Waals surface area contributed by atoms with Crippen molar-refractivity contribution in [2.24, 2.45) is 23.2 Å². The lowest BCUT2D eigenvalue weighted by Gasteiger charge is -2.59. The van der Waals surface area contributed by atoms with Gasteiger partial charge in [0.25, 0.3) is 5.91 Å². The van der Waals surface area contributed by atoms with Gasteiger partial charge in [-0.25, -0.2) is 4.79 Å². The van der Waals surface area contributed by atoms with Crippen molar-refractivity contribution in [2.45, 2.75) is 51.5 Å². The molecule has 5 rings (SSSR count). The standard InChI is InChI=1S/C23H32N2O4/c1-15(23-11-16-8-17(12-23)10-18(9-16)13-23)25-21(27)14-29-22(28)19-4-2-3-5-20(19)24-6-7-26/h2-5,15-18,24,26H,6-14H2,1H3,(H,25,27)/t15-,16?,17?,18?,23?/m1/s1. The summed E-state index contributed by atoms with van der Waals surface area (Å²) in [6.07, 6.45) is 7.81. The summed E-state index contributed by atoms with van der Waals surface area (Å²) in [4.78, 5) is 24.9. The van der Waals surface area contributed by atoms with Gasteiger partial charge in [-0.3, -0.25) is 4.79 Å². The molecule has 1 amide bonds. The number of para-hydroxylation sites is 1. The van der Waals surface area contributed by atoms with E-state index in [2.05, 4.69) is 17.6 Å². The highest BCUT2D eigenvalue weighted by atomic mass is 16.5. The summed E-state index contributed by atoms with van der Waals surface area (Å²) in [5.41, 5.74) is 1.19. The van der Waals surface area contributed by atoms with Gasteiger partial charge in [-0.1, -0.05) is 12.1 Å². The second-order valence-corrected chi connectivity index (χ2v) is 9.34. The van der Waals surface area contributed by atoms with Gasteiger partial charge in [-0.2, -0.15) is 0 Å². The molecule has 1 aromatic carbocycles. The number of rotatable bonds is 8. The third-order valence-electron chi connectivity index (χ3n) is 7.29. The van der Waals surface area contributed by atoms with Crippen molar-refractivity contribution in [3.8, 4) is 0 Å². The molecule has 4 saturated carbocycles.